The smallest absolute Gasteiger partial charge is 0.242 e. The van der Waals surface area contributed by atoms with Gasteiger partial charge in [0, 0.05) is 38.4 Å². The molecule has 0 atom stereocenters. The highest BCUT2D eigenvalue weighted by molar-refractivity contribution is 5.84. The van der Waals surface area contributed by atoms with Crippen LogP contribution in [-0.2, 0) is 23.2 Å². The van der Waals surface area contributed by atoms with Gasteiger partial charge in [-0.05, 0) is 36.3 Å². The molecule has 5 nitrogen and oxygen atoms in total. The summed E-state index contributed by atoms with van der Waals surface area (Å²) in [5, 5.41) is 0. The van der Waals surface area contributed by atoms with Gasteiger partial charge < -0.3 is 14.4 Å². The molecule has 164 valence electrons. The Morgan fingerprint density at radius 1 is 1.03 bits per heavy atom. The molecular weight excluding hydrogens is 362 g/mol. The average molecular weight is 404 g/mol. The highest BCUT2D eigenvalue weighted by Gasteiger charge is 2.24. The number of carbonyl (C=O) groups is 2. The van der Waals surface area contributed by atoms with E-state index in [1.165, 1.54) is 25.7 Å². The number of rotatable bonds is 11. The fourth-order valence-electron chi connectivity index (χ4n) is 4.29. The lowest BCUT2D eigenvalue weighted by molar-refractivity contribution is -0.141. The van der Waals surface area contributed by atoms with Gasteiger partial charge in [-0.15, -0.1) is 0 Å². The molecule has 29 heavy (non-hydrogen) atoms. The van der Waals surface area contributed by atoms with Crippen molar-refractivity contribution in [2.24, 2.45) is 24.8 Å². The maximum absolute atomic E-state index is 13.2. The molecule has 0 aliphatic heterocycles. The summed E-state index contributed by atoms with van der Waals surface area (Å²) in [5.41, 5.74) is 1.11. The van der Waals surface area contributed by atoms with E-state index in [1.54, 1.807) is 4.90 Å². The zero-order chi connectivity index (χ0) is 21.4. The van der Waals surface area contributed by atoms with Gasteiger partial charge in [-0.25, -0.2) is 0 Å². The Kier molecular flexibility index (Phi) is 9.25. The van der Waals surface area contributed by atoms with Crippen molar-refractivity contribution in [3.63, 3.8) is 0 Å². The minimum Gasteiger partial charge on any atom is -0.353 e. The first-order valence-electron chi connectivity index (χ1n) is 11.4. The molecule has 0 aromatic carbocycles. The standard InChI is InChI=1S/C24H41N3O2/c1-19(2)15-26(17-22-11-8-14-25(22)5)24(29)18-27(16-20(3)4)23(28)13-12-21-9-6-7-10-21/h8,11,14,19-21H,6-7,9-10,12-13,15-18H2,1-5H3. The minimum absolute atomic E-state index is 0.0507. The summed E-state index contributed by atoms with van der Waals surface area (Å²) in [6.07, 6.45) is 8.68. The molecule has 0 radical (unpaired) electrons. The summed E-state index contributed by atoms with van der Waals surface area (Å²) in [7, 11) is 2.00. The van der Waals surface area contributed by atoms with Crippen LogP contribution in [0.5, 0.6) is 0 Å². The summed E-state index contributed by atoms with van der Waals surface area (Å²) >= 11 is 0. The normalized spacial score (nSPS) is 14.7. The van der Waals surface area contributed by atoms with Crippen molar-refractivity contribution in [1.29, 1.82) is 0 Å². The van der Waals surface area contributed by atoms with Crippen molar-refractivity contribution in [2.75, 3.05) is 19.6 Å². The van der Waals surface area contributed by atoms with Crippen molar-refractivity contribution >= 4 is 11.8 Å². The van der Waals surface area contributed by atoms with Crippen molar-refractivity contribution in [2.45, 2.75) is 72.8 Å². The second-order valence-electron chi connectivity index (χ2n) is 9.64. The third-order valence-electron chi connectivity index (χ3n) is 5.85. The Hall–Kier alpha value is -1.78. The first-order chi connectivity index (χ1) is 13.8. The highest BCUT2D eigenvalue weighted by atomic mass is 16.2. The third kappa shape index (κ3) is 7.87. The number of aryl methyl sites for hydroxylation is 1. The van der Waals surface area contributed by atoms with Crippen molar-refractivity contribution in [3.05, 3.63) is 24.0 Å². The SMILES string of the molecule is CC(C)CN(CC(=O)N(Cc1cccn1C)CC(C)C)C(=O)CCC1CCCC1. The number of aromatic nitrogens is 1. The van der Waals surface area contributed by atoms with Gasteiger partial charge in [0.15, 0.2) is 0 Å². The minimum atomic E-state index is 0.0507. The molecular formula is C24H41N3O2. The van der Waals surface area contributed by atoms with E-state index < -0.39 is 0 Å². The van der Waals surface area contributed by atoms with Gasteiger partial charge in [0.25, 0.3) is 0 Å². The largest absolute Gasteiger partial charge is 0.353 e. The zero-order valence-electron chi connectivity index (χ0n) is 19.2. The number of nitrogens with zero attached hydrogens (tertiary/aromatic N) is 3. The molecule has 0 bridgehead atoms. The lowest BCUT2D eigenvalue weighted by Crippen LogP contribution is -2.45. The molecule has 1 heterocycles. The first kappa shape index (κ1) is 23.5. The van der Waals surface area contributed by atoms with Crippen LogP contribution in [-0.4, -0.2) is 45.8 Å². The maximum atomic E-state index is 13.2. The lowest BCUT2D eigenvalue weighted by Gasteiger charge is -2.30. The Labute approximate surface area is 177 Å². The van der Waals surface area contributed by atoms with Crippen LogP contribution in [0.3, 0.4) is 0 Å². The molecule has 1 aromatic heterocycles. The topological polar surface area (TPSA) is 45.6 Å². The monoisotopic (exact) mass is 403 g/mol. The Balaban J connectivity index is 2.01. The number of hydrogen-bond donors (Lipinski definition) is 0. The maximum Gasteiger partial charge on any atom is 0.242 e. The molecule has 5 heteroatoms. The van der Waals surface area contributed by atoms with Gasteiger partial charge in [0.2, 0.25) is 11.8 Å². The third-order valence-corrected chi connectivity index (χ3v) is 5.85. The van der Waals surface area contributed by atoms with E-state index in [9.17, 15) is 9.59 Å². The predicted octanol–water partition coefficient (Wildman–Crippen LogP) is 4.46. The Bertz CT molecular complexity index is 644. The fourth-order valence-corrected chi connectivity index (χ4v) is 4.29. The molecule has 1 aromatic rings. The number of amides is 2. The summed E-state index contributed by atoms with van der Waals surface area (Å²) in [5.74, 6) is 1.63. The molecule has 1 aliphatic carbocycles. The average Bonchev–Trinajstić information content (AvgIpc) is 3.30. The van der Waals surface area contributed by atoms with E-state index in [1.807, 2.05) is 24.2 Å². The Morgan fingerprint density at radius 2 is 1.66 bits per heavy atom. The van der Waals surface area contributed by atoms with Crippen LogP contribution >= 0.6 is 0 Å². The number of carbonyl (C=O) groups excluding carboxylic acids is 2. The molecule has 1 saturated carbocycles. The molecule has 1 aliphatic rings. The van der Waals surface area contributed by atoms with Gasteiger partial charge >= 0.3 is 0 Å². The molecule has 1 fully saturated rings. The van der Waals surface area contributed by atoms with Gasteiger partial charge in [0.05, 0.1) is 13.1 Å². The summed E-state index contributed by atoms with van der Waals surface area (Å²) < 4.78 is 2.05. The highest BCUT2D eigenvalue weighted by Crippen LogP contribution is 2.28. The van der Waals surface area contributed by atoms with Crippen LogP contribution < -0.4 is 0 Å². The van der Waals surface area contributed by atoms with Crippen LogP contribution in [0.4, 0.5) is 0 Å². The quantitative estimate of drug-likeness (QED) is 0.547. The predicted molar refractivity (Wildman–Crippen MR) is 118 cm³/mol. The molecule has 0 saturated heterocycles. The van der Waals surface area contributed by atoms with Crippen LogP contribution in [0.25, 0.3) is 0 Å². The van der Waals surface area contributed by atoms with Crippen LogP contribution in [0.2, 0.25) is 0 Å². The van der Waals surface area contributed by atoms with Crippen LogP contribution in [0, 0.1) is 17.8 Å². The molecule has 0 spiro atoms. The van der Waals surface area contributed by atoms with E-state index in [0.717, 1.165) is 12.1 Å². The van der Waals surface area contributed by atoms with E-state index in [0.29, 0.717) is 43.8 Å². The lowest BCUT2D eigenvalue weighted by atomic mass is 10.0. The second kappa shape index (κ2) is 11.4. The second-order valence-corrected chi connectivity index (χ2v) is 9.64. The van der Waals surface area contributed by atoms with Crippen molar-refractivity contribution < 1.29 is 9.59 Å². The Morgan fingerprint density at radius 3 is 2.21 bits per heavy atom. The van der Waals surface area contributed by atoms with Crippen LogP contribution in [0.1, 0.15) is 71.9 Å². The van der Waals surface area contributed by atoms with Gasteiger partial charge in [0.1, 0.15) is 0 Å². The van der Waals surface area contributed by atoms with E-state index in [4.69, 9.17) is 0 Å². The zero-order valence-corrected chi connectivity index (χ0v) is 19.2. The van der Waals surface area contributed by atoms with E-state index in [2.05, 4.69) is 38.3 Å². The molecule has 2 amide bonds. The van der Waals surface area contributed by atoms with Gasteiger partial charge in [-0.2, -0.15) is 0 Å². The molecule has 0 N–H and O–H groups in total. The van der Waals surface area contributed by atoms with Crippen LogP contribution in [0.15, 0.2) is 18.3 Å². The summed E-state index contributed by atoms with van der Waals surface area (Å²) in [6, 6.07) is 4.06. The molecule has 2 rings (SSSR count). The van der Waals surface area contributed by atoms with Gasteiger partial charge in [-0.3, -0.25) is 9.59 Å². The summed E-state index contributed by atoms with van der Waals surface area (Å²) in [6.45, 7) is 10.6. The number of hydrogen-bond acceptors (Lipinski definition) is 2. The van der Waals surface area contributed by atoms with E-state index >= 15 is 0 Å². The van der Waals surface area contributed by atoms with E-state index in [-0.39, 0.29) is 18.4 Å². The van der Waals surface area contributed by atoms with Crippen molar-refractivity contribution in [1.82, 2.24) is 14.4 Å². The van der Waals surface area contributed by atoms with Crippen molar-refractivity contribution in [3.8, 4) is 0 Å². The fraction of sp³-hybridized carbons (Fsp3) is 0.750. The first-order valence-corrected chi connectivity index (χ1v) is 11.4. The van der Waals surface area contributed by atoms with Gasteiger partial charge in [-0.1, -0.05) is 53.4 Å². The molecule has 0 unspecified atom stereocenters. The summed E-state index contributed by atoms with van der Waals surface area (Å²) in [4.78, 5) is 29.9.